The molecule has 0 aromatic heterocycles. The lowest BCUT2D eigenvalue weighted by Crippen LogP contribution is -2.40. The number of unbranched alkanes of at least 4 members (excludes halogenated alkanes) is 2. The molecule has 3 nitrogen and oxygen atoms in total. The average Bonchev–Trinajstić information content (AvgIpc) is 2.45. The van der Waals surface area contributed by atoms with Crippen molar-refractivity contribution in [1.29, 1.82) is 0 Å². The van der Waals surface area contributed by atoms with Crippen molar-refractivity contribution in [2.45, 2.75) is 64.8 Å². The van der Waals surface area contributed by atoms with E-state index in [1.165, 1.54) is 0 Å². The molecule has 0 atom stereocenters. The Morgan fingerprint density at radius 3 is 2.41 bits per heavy atom. The fourth-order valence-electron chi connectivity index (χ4n) is 1.67. The van der Waals surface area contributed by atoms with Gasteiger partial charge in [0.2, 0.25) is 0 Å². The highest BCUT2D eigenvalue weighted by Gasteiger charge is 2.36. The van der Waals surface area contributed by atoms with E-state index in [-0.39, 0.29) is 0 Å². The third kappa shape index (κ3) is 7.23. The van der Waals surface area contributed by atoms with Gasteiger partial charge in [0.15, 0.2) is 8.32 Å². The van der Waals surface area contributed by atoms with Crippen LogP contribution in [0.3, 0.4) is 0 Å². The van der Waals surface area contributed by atoms with E-state index in [2.05, 4.69) is 39.0 Å². The molecule has 0 heterocycles. The van der Waals surface area contributed by atoms with Gasteiger partial charge in [-0.25, -0.2) is 0 Å². The fraction of sp³-hybridized carbons (Fsp3) is 0.611. The number of nitrogens with zero attached hydrogens (tertiary/aromatic N) is 1. The van der Waals surface area contributed by atoms with Gasteiger partial charge in [-0.3, -0.25) is 0 Å². The predicted octanol–water partition coefficient (Wildman–Crippen LogP) is 5.38. The maximum atomic E-state index is 6.14. The maximum Gasteiger partial charge on any atom is 0.191 e. The minimum atomic E-state index is -1.58. The van der Waals surface area contributed by atoms with Crippen molar-refractivity contribution in [3.8, 4) is 0 Å². The summed E-state index contributed by atoms with van der Waals surface area (Å²) >= 11 is 0. The minimum Gasteiger partial charge on any atom is -0.417 e. The van der Waals surface area contributed by atoms with Crippen LogP contribution in [-0.2, 0) is 15.9 Å². The van der Waals surface area contributed by atoms with E-state index in [1.807, 2.05) is 36.5 Å². The van der Waals surface area contributed by atoms with Crippen molar-refractivity contribution in [2.24, 2.45) is 5.16 Å². The van der Waals surface area contributed by atoms with E-state index in [0.29, 0.717) is 11.6 Å². The number of rotatable bonds is 9. The highest BCUT2D eigenvalue weighted by atomic mass is 28.4. The molecule has 0 aliphatic carbocycles. The van der Waals surface area contributed by atoms with E-state index in [4.69, 9.17) is 9.26 Å². The first-order valence-electron chi connectivity index (χ1n) is 8.14. The van der Waals surface area contributed by atoms with Crippen LogP contribution in [0.1, 0.15) is 45.6 Å². The second kappa shape index (κ2) is 9.11. The molecule has 0 radical (unpaired) electrons. The van der Waals surface area contributed by atoms with Gasteiger partial charge >= 0.3 is 0 Å². The van der Waals surface area contributed by atoms with E-state index in [1.54, 1.807) is 0 Å². The van der Waals surface area contributed by atoms with Crippen LogP contribution < -0.4 is 0 Å². The molecular weight excluding hydrogens is 290 g/mol. The van der Waals surface area contributed by atoms with Gasteiger partial charge in [-0.2, -0.15) is 0 Å². The minimum absolute atomic E-state index is 0.291. The van der Waals surface area contributed by atoms with Crippen molar-refractivity contribution >= 4 is 14.5 Å². The summed E-state index contributed by atoms with van der Waals surface area (Å²) in [6.45, 7) is 12.8. The highest BCUT2D eigenvalue weighted by molar-refractivity contribution is 6.74. The summed E-state index contributed by atoms with van der Waals surface area (Å²) in [4.78, 5) is 5.27. The Hall–Kier alpha value is -1.13. The van der Waals surface area contributed by atoms with Crippen molar-refractivity contribution in [3.63, 3.8) is 0 Å². The van der Waals surface area contributed by atoms with Gasteiger partial charge < -0.3 is 9.26 Å². The quantitative estimate of drug-likeness (QED) is 0.264. The third-order valence-corrected chi connectivity index (χ3v) is 8.76. The monoisotopic (exact) mass is 321 g/mol. The van der Waals surface area contributed by atoms with Crippen LogP contribution in [-0.4, -0.2) is 21.1 Å². The predicted molar refractivity (Wildman–Crippen MR) is 96.7 cm³/mol. The molecule has 0 saturated heterocycles. The van der Waals surface area contributed by atoms with Gasteiger partial charge in [-0.15, -0.1) is 0 Å². The van der Waals surface area contributed by atoms with Crippen LogP contribution in [0.4, 0.5) is 0 Å². The first-order chi connectivity index (χ1) is 10.3. The number of benzene rings is 1. The summed E-state index contributed by atoms with van der Waals surface area (Å²) in [6, 6.07) is 10.1. The molecule has 1 aromatic carbocycles. The molecule has 0 bridgehead atoms. The first kappa shape index (κ1) is 18.9. The molecule has 22 heavy (non-hydrogen) atoms. The van der Waals surface area contributed by atoms with Gasteiger partial charge in [0, 0.05) is 12.8 Å². The van der Waals surface area contributed by atoms with Crippen LogP contribution in [0.2, 0.25) is 18.1 Å². The maximum absolute atomic E-state index is 6.14. The van der Waals surface area contributed by atoms with Crippen molar-refractivity contribution < 1.29 is 9.26 Å². The van der Waals surface area contributed by atoms with Crippen LogP contribution in [0.5, 0.6) is 0 Å². The van der Waals surface area contributed by atoms with Crippen molar-refractivity contribution in [2.75, 3.05) is 6.61 Å². The van der Waals surface area contributed by atoms with E-state index < -0.39 is 8.32 Å². The Balaban J connectivity index is 2.05. The largest absolute Gasteiger partial charge is 0.417 e. The van der Waals surface area contributed by atoms with Gasteiger partial charge in [-0.1, -0.05) is 56.3 Å². The molecular formula is C18H31NO2Si. The lowest BCUT2D eigenvalue weighted by atomic mass is 10.2. The van der Waals surface area contributed by atoms with Crippen molar-refractivity contribution in [1.82, 2.24) is 0 Å². The van der Waals surface area contributed by atoms with Crippen LogP contribution >= 0.6 is 0 Å². The molecule has 0 fully saturated rings. The Kier molecular flexibility index (Phi) is 7.83. The van der Waals surface area contributed by atoms with E-state index in [9.17, 15) is 0 Å². The molecule has 0 amide bonds. The molecule has 0 unspecified atom stereocenters. The van der Waals surface area contributed by atoms with Gasteiger partial charge in [-0.05, 0) is 43.0 Å². The molecule has 0 aliphatic rings. The van der Waals surface area contributed by atoms with Gasteiger partial charge in [0.05, 0.1) is 0 Å². The first-order valence-corrected chi connectivity index (χ1v) is 11.1. The standard InChI is InChI=1S/C18H31NO2Si/c1-18(2,3)22(4,5)21-15-11-7-10-14-19-20-16-17-12-8-6-9-13-17/h6,8-9,12-14H,7,10-11,15-16H2,1-5H3/b19-14+. The summed E-state index contributed by atoms with van der Waals surface area (Å²) < 4.78 is 6.14. The van der Waals surface area contributed by atoms with Gasteiger partial charge in [0.25, 0.3) is 0 Å². The molecule has 0 N–H and O–H groups in total. The zero-order valence-corrected chi connectivity index (χ0v) is 15.8. The normalized spacial score (nSPS) is 12.8. The lowest BCUT2D eigenvalue weighted by Gasteiger charge is -2.36. The number of oxime groups is 1. The summed E-state index contributed by atoms with van der Waals surface area (Å²) in [5.74, 6) is 0. The summed E-state index contributed by atoms with van der Waals surface area (Å²) in [7, 11) is -1.58. The van der Waals surface area contributed by atoms with Crippen LogP contribution in [0.25, 0.3) is 0 Å². The highest BCUT2D eigenvalue weighted by Crippen LogP contribution is 2.36. The average molecular weight is 322 g/mol. The molecule has 0 aliphatic heterocycles. The number of hydrogen-bond acceptors (Lipinski definition) is 3. The molecule has 0 spiro atoms. The second-order valence-electron chi connectivity index (χ2n) is 7.15. The fourth-order valence-corrected chi connectivity index (χ4v) is 2.76. The summed E-state index contributed by atoms with van der Waals surface area (Å²) in [5, 5.41) is 4.29. The van der Waals surface area contributed by atoms with Crippen LogP contribution in [0, 0.1) is 0 Å². The molecule has 1 rings (SSSR count). The molecule has 0 saturated carbocycles. The Morgan fingerprint density at radius 1 is 1.09 bits per heavy atom. The summed E-state index contributed by atoms with van der Waals surface area (Å²) in [6.07, 6.45) is 4.97. The Bertz CT molecular complexity index is 438. The smallest absolute Gasteiger partial charge is 0.191 e. The topological polar surface area (TPSA) is 30.8 Å². The summed E-state index contributed by atoms with van der Waals surface area (Å²) in [5.41, 5.74) is 1.14. The Morgan fingerprint density at radius 2 is 1.77 bits per heavy atom. The SMILES string of the molecule is CC(C)(C)[Si](C)(C)OCCCC/C=N/OCc1ccccc1. The molecule has 1 aromatic rings. The molecule has 4 heteroatoms. The zero-order valence-electron chi connectivity index (χ0n) is 14.8. The van der Waals surface area contributed by atoms with E-state index >= 15 is 0 Å². The molecule has 124 valence electrons. The zero-order chi connectivity index (χ0) is 16.5. The van der Waals surface area contributed by atoms with Crippen LogP contribution in [0.15, 0.2) is 35.5 Å². The Labute approximate surface area is 136 Å². The number of hydrogen-bond donors (Lipinski definition) is 0. The second-order valence-corrected chi connectivity index (χ2v) is 12.0. The lowest BCUT2D eigenvalue weighted by molar-refractivity contribution is 0.131. The van der Waals surface area contributed by atoms with Gasteiger partial charge in [0.1, 0.15) is 6.61 Å². The van der Waals surface area contributed by atoms with Crippen molar-refractivity contribution in [3.05, 3.63) is 35.9 Å². The van der Waals surface area contributed by atoms with E-state index in [0.717, 1.165) is 31.4 Å². The third-order valence-electron chi connectivity index (χ3n) is 4.22.